The van der Waals surface area contributed by atoms with Gasteiger partial charge in [-0.2, -0.15) is 0 Å². The van der Waals surface area contributed by atoms with Gasteiger partial charge in [-0.3, -0.25) is 14.6 Å². The van der Waals surface area contributed by atoms with Crippen LogP contribution in [0.25, 0.3) is 0 Å². The molecule has 11 heteroatoms. The van der Waals surface area contributed by atoms with Gasteiger partial charge in [0.05, 0.1) is 18.0 Å². The average Bonchev–Trinajstić information content (AvgIpc) is 2.86. The van der Waals surface area contributed by atoms with Crippen LogP contribution in [0, 0.1) is 0 Å². The predicted octanol–water partition coefficient (Wildman–Crippen LogP) is 3.94. The lowest BCUT2D eigenvalue weighted by Crippen LogP contribution is -2.54. The molecule has 2 amide bonds. The molecule has 35 heavy (non-hydrogen) atoms. The summed E-state index contributed by atoms with van der Waals surface area (Å²) in [7, 11) is 0. The van der Waals surface area contributed by atoms with Crippen LogP contribution in [0.3, 0.4) is 0 Å². The highest BCUT2D eigenvalue weighted by atomic mass is 35.5. The maximum atomic E-state index is 12.9. The molecule has 1 atom stereocenters. The van der Waals surface area contributed by atoms with Crippen molar-refractivity contribution in [3.8, 4) is 0 Å². The van der Waals surface area contributed by atoms with E-state index in [4.69, 9.17) is 23.2 Å². The molecule has 0 aliphatic carbocycles. The van der Waals surface area contributed by atoms with E-state index < -0.39 is 0 Å². The largest absolute Gasteiger partial charge is 0.353 e. The Labute approximate surface area is 218 Å². The highest BCUT2D eigenvalue weighted by molar-refractivity contribution is 7.99. The first-order valence-electron chi connectivity index (χ1n) is 11.0. The van der Waals surface area contributed by atoms with Crippen LogP contribution in [-0.4, -0.2) is 63.1 Å². The van der Waals surface area contributed by atoms with Crippen LogP contribution in [0.2, 0.25) is 10.2 Å². The van der Waals surface area contributed by atoms with Gasteiger partial charge in [0.2, 0.25) is 5.91 Å². The SMILES string of the molecule is CC1CN(c2cc(Cl)nc(SCC(=O)NCc3ccccn3)n2)CCN1C(=O)c1ccc(Cl)cc1. The zero-order valence-electron chi connectivity index (χ0n) is 19.0. The van der Waals surface area contributed by atoms with Gasteiger partial charge in [0.15, 0.2) is 5.16 Å². The predicted molar refractivity (Wildman–Crippen MR) is 138 cm³/mol. The van der Waals surface area contributed by atoms with Crippen LogP contribution in [0.4, 0.5) is 5.82 Å². The zero-order valence-corrected chi connectivity index (χ0v) is 21.4. The number of nitrogens with zero attached hydrogens (tertiary/aromatic N) is 5. The Bertz CT molecular complexity index is 1180. The highest BCUT2D eigenvalue weighted by Crippen LogP contribution is 2.25. The van der Waals surface area contributed by atoms with E-state index in [9.17, 15) is 9.59 Å². The molecular formula is C24H24Cl2N6O2S. The number of rotatable bonds is 7. The molecule has 1 aliphatic rings. The standard InChI is InChI=1S/C24H24Cl2N6O2S/c1-16-14-31(10-11-32(16)23(34)17-5-7-18(25)8-6-17)21-12-20(26)29-24(30-21)35-15-22(33)28-13-19-4-2-3-9-27-19/h2-9,12,16H,10-11,13-15H2,1H3,(H,28,33). The van der Waals surface area contributed by atoms with Crippen LogP contribution >= 0.6 is 35.0 Å². The van der Waals surface area contributed by atoms with Crippen molar-refractivity contribution in [2.24, 2.45) is 0 Å². The van der Waals surface area contributed by atoms with Crippen molar-refractivity contribution in [3.05, 3.63) is 76.2 Å². The maximum absolute atomic E-state index is 12.9. The fourth-order valence-corrected chi connectivity index (χ4v) is 4.75. The first kappa shape index (κ1) is 25.2. The van der Waals surface area contributed by atoms with Crippen molar-refractivity contribution in [3.63, 3.8) is 0 Å². The minimum atomic E-state index is -0.145. The van der Waals surface area contributed by atoms with Crippen molar-refractivity contribution in [2.45, 2.75) is 24.7 Å². The molecule has 1 aliphatic heterocycles. The van der Waals surface area contributed by atoms with Gasteiger partial charge >= 0.3 is 0 Å². The summed E-state index contributed by atoms with van der Waals surface area (Å²) < 4.78 is 0. The second kappa shape index (κ2) is 11.7. The molecule has 0 radical (unpaired) electrons. The summed E-state index contributed by atoms with van der Waals surface area (Å²) >= 11 is 13.4. The molecule has 182 valence electrons. The number of benzene rings is 1. The van der Waals surface area contributed by atoms with E-state index in [1.807, 2.05) is 30.0 Å². The minimum absolute atomic E-state index is 0.0255. The van der Waals surface area contributed by atoms with Gasteiger partial charge < -0.3 is 15.1 Å². The summed E-state index contributed by atoms with van der Waals surface area (Å²) in [5.41, 5.74) is 1.40. The topological polar surface area (TPSA) is 91.3 Å². The summed E-state index contributed by atoms with van der Waals surface area (Å²) in [5, 5.41) is 4.16. The number of piperazine rings is 1. The Morgan fingerprint density at radius 1 is 1.11 bits per heavy atom. The molecule has 2 aromatic heterocycles. The summed E-state index contributed by atoms with van der Waals surface area (Å²) in [5.74, 6) is 0.662. The number of carbonyl (C=O) groups excluding carboxylic acids is 2. The van der Waals surface area contributed by atoms with Crippen LogP contribution < -0.4 is 10.2 Å². The van der Waals surface area contributed by atoms with Gasteiger partial charge in [-0.15, -0.1) is 0 Å². The monoisotopic (exact) mass is 530 g/mol. The number of pyridine rings is 1. The third-order valence-electron chi connectivity index (χ3n) is 5.49. The van der Waals surface area contributed by atoms with Crippen molar-refractivity contribution in [2.75, 3.05) is 30.3 Å². The third-order valence-corrected chi connectivity index (χ3v) is 6.78. The Morgan fingerprint density at radius 2 is 1.91 bits per heavy atom. The number of aromatic nitrogens is 3. The van der Waals surface area contributed by atoms with Gasteiger partial charge in [0.1, 0.15) is 11.0 Å². The van der Waals surface area contributed by atoms with Gasteiger partial charge in [0, 0.05) is 48.5 Å². The first-order chi connectivity index (χ1) is 16.9. The molecule has 1 saturated heterocycles. The number of halogens is 2. The molecule has 8 nitrogen and oxygen atoms in total. The second-order valence-electron chi connectivity index (χ2n) is 8.02. The number of nitrogens with one attached hydrogen (secondary N) is 1. The molecule has 1 fully saturated rings. The molecule has 3 aromatic rings. The van der Waals surface area contributed by atoms with Crippen molar-refractivity contribution < 1.29 is 9.59 Å². The summed E-state index contributed by atoms with van der Waals surface area (Å²) in [6.45, 7) is 4.11. The lowest BCUT2D eigenvalue weighted by atomic mass is 10.1. The fourth-order valence-electron chi connectivity index (χ4n) is 3.71. The van der Waals surface area contributed by atoms with E-state index in [-0.39, 0.29) is 23.6 Å². The quantitative estimate of drug-likeness (QED) is 0.281. The number of anilines is 1. The third kappa shape index (κ3) is 6.84. The molecule has 4 rings (SSSR count). The van der Waals surface area contributed by atoms with Crippen LogP contribution in [0.1, 0.15) is 23.0 Å². The Morgan fingerprint density at radius 3 is 2.63 bits per heavy atom. The lowest BCUT2D eigenvalue weighted by Gasteiger charge is -2.40. The molecule has 0 bridgehead atoms. The van der Waals surface area contributed by atoms with Crippen molar-refractivity contribution >= 4 is 52.6 Å². The van der Waals surface area contributed by atoms with E-state index in [0.29, 0.717) is 52.9 Å². The molecule has 1 unspecified atom stereocenters. The Kier molecular flexibility index (Phi) is 8.43. The normalized spacial score (nSPS) is 15.7. The van der Waals surface area contributed by atoms with Crippen LogP contribution in [0.15, 0.2) is 59.9 Å². The number of hydrogen-bond donors (Lipinski definition) is 1. The molecular weight excluding hydrogens is 507 g/mol. The van der Waals surface area contributed by atoms with E-state index in [0.717, 1.165) is 5.69 Å². The highest BCUT2D eigenvalue weighted by Gasteiger charge is 2.29. The van der Waals surface area contributed by atoms with Gasteiger partial charge in [-0.25, -0.2) is 9.97 Å². The maximum Gasteiger partial charge on any atom is 0.254 e. The number of hydrogen-bond acceptors (Lipinski definition) is 7. The first-order valence-corrected chi connectivity index (χ1v) is 12.8. The van der Waals surface area contributed by atoms with Crippen LogP contribution in [-0.2, 0) is 11.3 Å². The van der Waals surface area contributed by atoms with Gasteiger partial charge in [-0.1, -0.05) is 41.0 Å². The fraction of sp³-hybridized carbons (Fsp3) is 0.292. The van der Waals surface area contributed by atoms with Crippen LogP contribution in [0.5, 0.6) is 0 Å². The number of carbonyl (C=O) groups is 2. The van der Waals surface area contributed by atoms with E-state index in [2.05, 4.69) is 25.2 Å². The van der Waals surface area contributed by atoms with Gasteiger partial charge in [-0.05, 0) is 43.3 Å². The summed E-state index contributed by atoms with van der Waals surface area (Å²) in [6, 6.07) is 14.1. The van der Waals surface area contributed by atoms with E-state index >= 15 is 0 Å². The molecule has 0 saturated carbocycles. The van der Waals surface area contributed by atoms with E-state index in [1.165, 1.54) is 11.8 Å². The minimum Gasteiger partial charge on any atom is -0.353 e. The second-order valence-corrected chi connectivity index (χ2v) is 9.78. The summed E-state index contributed by atoms with van der Waals surface area (Å²) in [4.78, 5) is 42.1. The molecule has 0 spiro atoms. The smallest absolute Gasteiger partial charge is 0.254 e. The van der Waals surface area contributed by atoms with Crippen molar-refractivity contribution in [1.29, 1.82) is 0 Å². The summed E-state index contributed by atoms with van der Waals surface area (Å²) in [6.07, 6.45) is 1.69. The number of amides is 2. The molecule has 1 N–H and O–H groups in total. The average molecular weight is 531 g/mol. The lowest BCUT2D eigenvalue weighted by molar-refractivity contribution is -0.118. The Hall–Kier alpha value is -2.88. The zero-order chi connectivity index (χ0) is 24.8. The molecule has 1 aromatic carbocycles. The number of thioether (sulfide) groups is 1. The molecule has 3 heterocycles. The van der Waals surface area contributed by atoms with Gasteiger partial charge in [0.25, 0.3) is 5.91 Å². The Balaban J connectivity index is 1.34. The van der Waals surface area contributed by atoms with E-state index in [1.54, 1.807) is 36.5 Å². The van der Waals surface area contributed by atoms with Crippen molar-refractivity contribution in [1.82, 2.24) is 25.2 Å².